The van der Waals surface area contributed by atoms with Crippen molar-refractivity contribution in [1.82, 2.24) is 20.1 Å². The molecule has 1 amide bonds. The van der Waals surface area contributed by atoms with Crippen molar-refractivity contribution >= 4 is 40.9 Å². The molecule has 0 atom stereocenters. The van der Waals surface area contributed by atoms with Crippen LogP contribution in [0.1, 0.15) is 21.7 Å². The highest BCUT2D eigenvalue weighted by molar-refractivity contribution is 7.98. The zero-order valence-corrected chi connectivity index (χ0v) is 20.3. The van der Waals surface area contributed by atoms with Crippen LogP contribution in [0, 0.1) is 5.82 Å². The van der Waals surface area contributed by atoms with Crippen molar-refractivity contribution in [1.29, 1.82) is 0 Å². The number of ether oxygens (including phenoxy) is 1. The number of nitrogens with zero attached hydrogens (tertiary/aromatic N) is 3. The number of nitrogens with one attached hydrogen (secondary N) is 1. The highest BCUT2D eigenvalue weighted by Crippen LogP contribution is 2.29. The van der Waals surface area contributed by atoms with Gasteiger partial charge in [0, 0.05) is 11.3 Å². The molecule has 0 unspecified atom stereocenters. The summed E-state index contributed by atoms with van der Waals surface area (Å²) in [5.41, 5.74) is 1.99. The van der Waals surface area contributed by atoms with Crippen LogP contribution in [-0.2, 0) is 12.3 Å². The second kappa shape index (κ2) is 10.9. The van der Waals surface area contributed by atoms with Crippen molar-refractivity contribution < 1.29 is 13.9 Å². The Morgan fingerprint density at radius 1 is 1.06 bits per heavy atom. The first-order chi connectivity index (χ1) is 16.4. The van der Waals surface area contributed by atoms with Crippen molar-refractivity contribution in [3.8, 4) is 11.4 Å². The Morgan fingerprint density at radius 3 is 2.56 bits per heavy atom. The van der Waals surface area contributed by atoms with Crippen molar-refractivity contribution in [3.63, 3.8) is 0 Å². The predicted octanol–water partition coefficient (Wildman–Crippen LogP) is 5.94. The number of benzene rings is 3. The van der Waals surface area contributed by atoms with Gasteiger partial charge in [-0.3, -0.25) is 9.36 Å². The van der Waals surface area contributed by atoms with Gasteiger partial charge < -0.3 is 10.1 Å². The lowest BCUT2D eigenvalue weighted by Crippen LogP contribution is -2.24. The Hall–Kier alpha value is -3.07. The Morgan fingerprint density at radius 2 is 1.85 bits per heavy atom. The number of carbonyl (C=O) groups is 1. The van der Waals surface area contributed by atoms with Gasteiger partial charge in [-0.15, -0.1) is 10.2 Å². The Balaban J connectivity index is 1.58. The van der Waals surface area contributed by atoms with Crippen LogP contribution in [0.25, 0.3) is 5.69 Å². The molecule has 1 aromatic heterocycles. The summed E-state index contributed by atoms with van der Waals surface area (Å²) < 4.78 is 20.5. The summed E-state index contributed by atoms with van der Waals surface area (Å²) in [6.07, 6.45) is 0. The van der Waals surface area contributed by atoms with Crippen LogP contribution in [0.3, 0.4) is 0 Å². The van der Waals surface area contributed by atoms with Crippen molar-refractivity contribution in [2.24, 2.45) is 0 Å². The van der Waals surface area contributed by atoms with Crippen LogP contribution in [0.2, 0.25) is 10.0 Å². The fourth-order valence-corrected chi connectivity index (χ4v) is 4.38. The van der Waals surface area contributed by atoms with Crippen LogP contribution in [-0.4, -0.2) is 27.8 Å². The molecule has 4 rings (SSSR count). The number of hydrogen-bond donors (Lipinski definition) is 1. The van der Waals surface area contributed by atoms with Gasteiger partial charge in [-0.2, -0.15) is 0 Å². The molecule has 6 nitrogen and oxygen atoms in total. The van der Waals surface area contributed by atoms with Crippen LogP contribution in [0.15, 0.2) is 71.9 Å². The lowest BCUT2D eigenvalue weighted by atomic mass is 10.2. The molecule has 0 aliphatic carbocycles. The maximum absolute atomic E-state index is 13.6. The van der Waals surface area contributed by atoms with Gasteiger partial charge in [-0.25, -0.2) is 4.39 Å². The Kier molecular flexibility index (Phi) is 7.72. The van der Waals surface area contributed by atoms with E-state index in [0.717, 1.165) is 5.56 Å². The number of methoxy groups -OCH3 is 1. The molecule has 0 saturated heterocycles. The van der Waals surface area contributed by atoms with E-state index in [0.29, 0.717) is 43.8 Å². The molecule has 0 fully saturated rings. The Labute approximate surface area is 210 Å². The second-order valence-corrected chi connectivity index (χ2v) is 8.92. The van der Waals surface area contributed by atoms with E-state index in [1.807, 2.05) is 6.07 Å². The molecule has 0 saturated carbocycles. The second-order valence-electron chi connectivity index (χ2n) is 7.16. The third-order valence-corrected chi connectivity index (χ3v) is 6.62. The van der Waals surface area contributed by atoms with E-state index in [-0.39, 0.29) is 18.3 Å². The first kappa shape index (κ1) is 24.1. The number of aromatic nitrogens is 3. The van der Waals surface area contributed by atoms with Gasteiger partial charge >= 0.3 is 0 Å². The van der Waals surface area contributed by atoms with Crippen LogP contribution in [0.5, 0.6) is 5.75 Å². The van der Waals surface area contributed by atoms with E-state index in [1.54, 1.807) is 60.2 Å². The van der Waals surface area contributed by atoms with E-state index in [2.05, 4.69) is 15.5 Å². The van der Waals surface area contributed by atoms with Crippen LogP contribution in [0.4, 0.5) is 4.39 Å². The van der Waals surface area contributed by atoms with Crippen LogP contribution < -0.4 is 10.1 Å². The number of carbonyl (C=O) groups excluding carboxylic acids is 1. The van der Waals surface area contributed by atoms with Crippen molar-refractivity contribution in [3.05, 3.63) is 99.5 Å². The van der Waals surface area contributed by atoms with Crippen molar-refractivity contribution in [2.45, 2.75) is 17.5 Å². The molecule has 10 heteroatoms. The topological polar surface area (TPSA) is 69.0 Å². The number of hydrogen-bond acceptors (Lipinski definition) is 5. The monoisotopic (exact) mass is 516 g/mol. The summed E-state index contributed by atoms with van der Waals surface area (Å²) in [7, 11) is 1.56. The maximum atomic E-state index is 13.6. The fourth-order valence-electron chi connectivity index (χ4n) is 3.17. The van der Waals surface area contributed by atoms with Gasteiger partial charge in [0.1, 0.15) is 11.6 Å². The zero-order valence-electron chi connectivity index (χ0n) is 18.0. The molecule has 0 radical (unpaired) electrons. The zero-order chi connectivity index (χ0) is 24.1. The van der Waals surface area contributed by atoms with Crippen LogP contribution >= 0.6 is 35.0 Å². The first-order valence-electron chi connectivity index (χ1n) is 10.1. The average Bonchev–Trinajstić information content (AvgIpc) is 3.26. The van der Waals surface area contributed by atoms with Gasteiger partial charge in [-0.05, 0) is 60.2 Å². The maximum Gasteiger partial charge on any atom is 0.251 e. The van der Waals surface area contributed by atoms with E-state index in [1.165, 1.54) is 23.9 Å². The third kappa shape index (κ3) is 5.70. The fraction of sp³-hybridized carbons (Fsp3) is 0.125. The number of rotatable bonds is 8. The van der Waals surface area contributed by atoms with Gasteiger partial charge in [0.25, 0.3) is 5.91 Å². The molecule has 0 aliphatic heterocycles. The normalized spacial score (nSPS) is 10.8. The highest BCUT2D eigenvalue weighted by atomic mass is 35.5. The SMILES string of the molecule is COc1ccc(C(=O)NCc2nnc(SCc3cccc(F)c3)n2-c2ccc(Cl)c(Cl)c2)cc1. The van der Waals surface area contributed by atoms with Gasteiger partial charge in [0.05, 0.1) is 29.4 Å². The minimum absolute atomic E-state index is 0.124. The molecule has 0 aliphatic rings. The van der Waals surface area contributed by atoms with E-state index >= 15 is 0 Å². The number of amides is 1. The summed E-state index contributed by atoms with van der Waals surface area (Å²) in [4.78, 5) is 12.6. The van der Waals surface area contributed by atoms with E-state index < -0.39 is 0 Å². The Bertz CT molecular complexity index is 1310. The molecule has 174 valence electrons. The quantitative estimate of drug-likeness (QED) is 0.293. The molecule has 3 aromatic carbocycles. The lowest BCUT2D eigenvalue weighted by molar-refractivity contribution is 0.0949. The van der Waals surface area contributed by atoms with E-state index in [4.69, 9.17) is 27.9 Å². The summed E-state index contributed by atoms with van der Waals surface area (Å²) in [6.45, 7) is 0.124. The molecule has 0 spiro atoms. The molecule has 34 heavy (non-hydrogen) atoms. The summed E-state index contributed by atoms with van der Waals surface area (Å²) in [5, 5.41) is 12.8. The predicted molar refractivity (Wildman–Crippen MR) is 132 cm³/mol. The average molecular weight is 517 g/mol. The molecule has 1 N–H and O–H groups in total. The smallest absolute Gasteiger partial charge is 0.251 e. The molecular formula is C24H19Cl2FN4O2S. The summed E-state index contributed by atoms with van der Waals surface area (Å²) >= 11 is 13.7. The number of halogens is 3. The minimum atomic E-state index is -0.300. The highest BCUT2D eigenvalue weighted by Gasteiger charge is 2.17. The standard InChI is InChI=1S/C24H19Cl2FN4O2S/c1-33-19-8-5-16(6-9-19)23(32)28-13-22-29-30-24(34-14-15-3-2-4-17(27)11-15)31(22)18-7-10-20(25)21(26)12-18/h2-12H,13-14H2,1H3,(H,28,32). The molecular weight excluding hydrogens is 498 g/mol. The van der Waals surface area contributed by atoms with E-state index in [9.17, 15) is 9.18 Å². The summed E-state index contributed by atoms with van der Waals surface area (Å²) in [6, 6.07) is 18.3. The molecule has 0 bridgehead atoms. The van der Waals surface area contributed by atoms with Crippen molar-refractivity contribution in [2.75, 3.05) is 7.11 Å². The van der Waals surface area contributed by atoms with Gasteiger partial charge in [0.15, 0.2) is 11.0 Å². The number of thioether (sulfide) groups is 1. The molecule has 4 aromatic rings. The molecule has 1 heterocycles. The largest absolute Gasteiger partial charge is 0.497 e. The lowest BCUT2D eigenvalue weighted by Gasteiger charge is -2.12. The summed E-state index contributed by atoms with van der Waals surface area (Å²) in [5.74, 6) is 1.08. The van der Waals surface area contributed by atoms with Gasteiger partial charge in [-0.1, -0.05) is 47.1 Å². The first-order valence-corrected chi connectivity index (χ1v) is 11.9. The third-order valence-electron chi connectivity index (χ3n) is 4.88. The minimum Gasteiger partial charge on any atom is -0.497 e. The van der Waals surface area contributed by atoms with Gasteiger partial charge in [0.2, 0.25) is 0 Å².